The quantitative estimate of drug-likeness (QED) is 0.758. The fourth-order valence-electron chi connectivity index (χ4n) is 4.42. The van der Waals surface area contributed by atoms with Gasteiger partial charge in [-0.25, -0.2) is 0 Å². The van der Waals surface area contributed by atoms with Crippen molar-refractivity contribution in [3.8, 4) is 11.5 Å². The third kappa shape index (κ3) is 5.87. The Morgan fingerprint density at radius 2 is 1.82 bits per heavy atom. The summed E-state index contributed by atoms with van der Waals surface area (Å²) in [5, 5.41) is 3.21. The Labute approximate surface area is 169 Å². The number of hydrogen-bond donors (Lipinski definition) is 1. The SMILES string of the molecule is COc1cc(C(=O)NC2CCN(CC3CCCCC3)CC2)ccc1OC(C)C. The standard InChI is InChI=1S/C23H36N2O3/c1-17(2)28-21-10-9-19(15-22(21)27-3)23(26)24-20-11-13-25(14-12-20)16-18-7-5-4-6-8-18/h9-10,15,17-18,20H,4-8,11-14,16H2,1-3H3,(H,24,26). The highest BCUT2D eigenvalue weighted by Crippen LogP contribution is 2.29. The number of ether oxygens (including phenoxy) is 2. The van der Waals surface area contributed by atoms with Crippen molar-refractivity contribution in [2.75, 3.05) is 26.7 Å². The van der Waals surface area contributed by atoms with Gasteiger partial charge in [-0.15, -0.1) is 0 Å². The van der Waals surface area contributed by atoms with Crippen molar-refractivity contribution < 1.29 is 14.3 Å². The molecule has 156 valence electrons. The normalized spacial score (nSPS) is 19.6. The predicted molar refractivity (Wildman–Crippen MR) is 112 cm³/mol. The topological polar surface area (TPSA) is 50.8 Å². The Morgan fingerprint density at radius 3 is 2.46 bits per heavy atom. The number of nitrogens with zero attached hydrogens (tertiary/aromatic N) is 1. The zero-order chi connectivity index (χ0) is 19.9. The lowest BCUT2D eigenvalue weighted by molar-refractivity contribution is 0.0901. The summed E-state index contributed by atoms with van der Waals surface area (Å²) in [6.07, 6.45) is 9.15. The maximum Gasteiger partial charge on any atom is 0.251 e. The second-order valence-corrected chi connectivity index (χ2v) is 8.58. The van der Waals surface area contributed by atoms with Crippen molar-refractivity contribution in [1.29, 1.82) is 0 Å². The summed E-state index contributed by atoms with van der Waals surface area (Å²) in [6, 6.07) is 5.66. The van der Waals surface area contributed by atoms with Crippen molar-refractivity contribution in [1.82, 2.24) is 10.2 Å². The van der Waals surface area contributed by atoms with Gasteiger partial charge in [0.05, 0.1) is 13.2 Å². The molecule has 1 aliphatic heterocycles. The van der Waals surface area contributed by atoms with Gasteiger partial charge in [-0.1, -0.05) is 19.3 Å². The van der Waals surface area contributed by atoms with Gasteiger partial charge in [0.15, 0.2) is 11.5 Å². The van der Waals surface area contributed by atoms with E-state index in [0.29, 0.717) is 17.1 Å². The number of nitrogens with one attached hydrogen (secondary N) is 1. The molecule has 1 heterocycles. The number of amides is 1. The molecule has 1 aromatic rings. The van der Waals surface area contributed by atoms with Crippen molar-refractivity contribution in [3.63, 3.8) is 0 Å². The smallest absolute Gasteiger partial charge is 0.251 e. The van der Waals surface area contributed by atoms with Gasteiger partial charge in [0.2, 0.25) is 0 Å². The summed E-state index contributed by atoms with van der Waals surface area (Å²) in [7, 11) is 1.60. The first kappa shape index (κ1) is 21.0. The molecule has 2 fully saturated rings. The lowest BCUT2D eigenvalue weighted by Crippen LogP contribution is -2.45. The largest absolute Gasteiger partial charge is 0.493 e. The lowest BCUT2D eigenvalue weighted by Gasteiger charge is -2.35. The van der Waals surface area contributed by atoms with Crippen LogP contribution in [0.15, 0.2) is 18.2 Å². The molecule has 0 bridgehead atoms. The van der Waals surface area contributed by atoms with Crippen LogP contribution in [0.1, 0.15) is 69.2 Å². The number of carbonyl (C=O) groups excluding carboxylic acids is 1. The van der Waals surface area contributed by atoms with Crippen LogP contribution in [-0.4, -0.2) is 49.7 Å². The van der Waals surface area contributed by atoms with Gasteiger partial charge in [0, 0.05) is 31.2 Å². The fourth-order valence-corrected chi connectivity index (χ4v) is 4.42. The third-order valence-electron chi connectivity index (χ3n) is 5.95. The molecule has 1 amide bonds. The van der Waals surface area contributed by atoms with Crippen LogP contribution in [-0.2, 0) is 0 Å². The van der Waals surface area contributed by atoms with E-state index in [9.17, 15) is 4.79 Å². The molecule has 0 unspecified atom stereocenters. The van der Waals surface area contributed by atoms with Crippen LogP contribution in [0.2, 0.25) is 0 Å². The first-order chi connectivity index (χ1) is 13.5. The fraction of sp³-hybridized carbons (Fsp3) is 0.696. The Morgan fingerprint density at radius 1 is 1.11 bits per heavy atom. The molecule has 1 aromatic carbocycles. The molecule has 28 heavy (non-hydrogen) atoms. The Balaban J connectivity index is 1.48. The molecule has 0 atom stereocenters. The van der Waals surface area contributed by atoms with Gasteiger partial charge in [0.1, 0.15) is 0 Å². The van der Waals surface area contributed by atoms with Crippen LogP contribution in [0.5, 0.6) is 11.5 Å². The summed E-state index contributed by atoms with van der Waals surface area (Å²) in [5.74, 6) is 2.13. The number of likely N-dealkylation sites (tertiary alicyclic amines) is 1. The molecule has 0 aromatic heterocycles. The van der Waals surface area contributed by atoms with Crippen LogP contribution >= 0.6 is 0 Å². The minimum absolute atomic E-state index is 0.0277. The number of rotatable bonds is 7. The molecular formula is C23H36N2O3. The zero-order valence-corrected chi connectivity index (χ0v) is 17.7. The van der Waals surface area contributed by atoms with Gasteiger partial charge in [-0.2, -0.15) is 0 Å². The minimum atomic E-state index is -0.0277. The number of methoxy groups -OCH3 is 1. The van der Waals surface area contributed by atoms with Crippen LogP contribution < -0.4 is 14.8 Å². The van der Waals surface area contributed by atoms with Crippen LogP contribution in [0.4, 0.5) is 0 Å². The van der Waals surface area contributed by atoms with Crippen LogP contribution in [0.25, 0.3) is 0 Å². The molecule has 2 aliphatic rings. The first-order valence-corrected chi connectivity index (χ1v) is 10.9. The molecule has 1 aliphatic carbocycles. The van der Waals surface area contributed by atoms with Crippen molar-refractivity contribution in [2.24, 2.45) is 5.92 Å². The molecular weight excluding hydrogens is 352 g/mol. The summed E-state index contributed by atoms with van der Waals surface area (Å²) in [4.78, 5) is 15.3. The Kier molecular flexibility index (Phi) is 7.60. The van der Waals surface area contributed by atoms with Gasteiger partial charge in [-0.05, 0) is 63.6 Å². The molecule has 1 saturated carbocycles. The minimum Gasteiger partial charge on any atom is -0.493 e. The molecule has 1 saturated heterocycles. The molecule has 0 radical (unpaired) electrons. The maximum absolute atomic E-state index is 12.7. The second-order valence-electron chi connectivity index (χ2n) is 8.58. The zero-order valence-electron chi connectivity index (χ0n) is 17.7. The van der Waals surface area contributed by atoms with Gasteiger partial charge < -0.3 is 19.7 Å². The van der Waals surface area contributed by atoms with E-state index < -0.39 is 0 Å². The monoisotopic (exact) mass is 388 g/mol. The first-order valence-electron chi connectivity index (χ1n) is 10.9. The van der Waals surface area contributed by atoms with E-state index in [0.717, 1.165) is 31.8 Å². The number of carbonyl (C=O) groups is 1. The number of hydrogen-bond acceptors (Lipinski definition) is 4. The summed E-state index contributed by atoms with van der Waals surface area (Å²) >= 11 is 0. The maximum atomic E-state index is 12.7. The Bertz CT molecular complexity index is 633. The highest BCUT2D eigenvalue weighted by molar-refractivity contribution is 5.95. The average molecular weight is 389 g/mol. The molecule has 3 rings (SSSR count). The lowest BCUT2D eigenvalue weighted by atomic mass is 9.88. The van der Waals surface area contributed by atoms with Gasteiger partial charge in [-0.3, -0.25) is 4.79 Å². The van der Waals surface area contributed by atoms with Crippen molar-refractivity contribution in [3.05, 3.63) is 23.8 Å². The molecule has 5 heteroatoms. The Hall–Kier alpha value is -1.75. The van der Waals surface area contributed by atoms with E-state index in [4.69, 9.17) is 9.47 Å². The predicted octanol–water partition coefficient (Wildman–Crippen LogP) is 4.26. The van der Waals surface area contributed by atoms with Gasteiger partial charge >= 0.3 is 0 Å². The van der Waals surface area contributed by atoms with E-state index >= 15 is 0 Å². The summed E-state index contributed by atoms with van der Waals surface area (Å²) < 4.78 is 11.1. The molecule has 5 nitrogen and oxygen atoms in total. The van der Waals surface area contributed by atoms with Gasteiger partial charge in [0.25, 0.3) is 5.91 Å². The summed E-state index contributed by atoms with van der Waals surface area (Å²) in [5.41, 5.74) is 0.623. The van der Waals surface area contributed by atoms with E-state index in [1.165, 1.54) is 38.6 Å². The van der Waals surface area contributed by atoms with E-state index in [1.807, 2.05) is 26.0 Å². The van der Waals surface area contributed by atoms with Crippen molar-refractivity contribution >= 4 is 5.91 Å². The third-order valence-corrected chi connectivity index (χ3v) is 5.95. The second kappa shape index (κ2) is 10.1. The van der Waals surface area contributed by atoms with E-state index in [-0.39, 0.29) is 18.1 Å². The number of benzene rings is 1. The molecule has 0 spiro atoms. The van der Waals surface area contributed by atoms with Crippen LogP contribution in [0, 0.1) is 5.92 Å². The van der Waals surface area contributed by atoms with E-state index in [1.54, 1.807) is 13.2 Å². The highest BCUT2D eigenvalue weighted by atomic mass is 16.5. The van der Waals surface area contributed by atoms with E-state index in [2.05, 4.69) is 10.2 Å². The highest BCUT2D eigenvalue weighted by Gasteiger charge is 2.24. The number of piperidine rings is 1. The average Bonchev–Trinajstić information content (AvgIpc) is 2.70. The summed E-state index contributed by atoms with van der Waals surface area (Å²) in [6.45, 7) is 7.37. The van der Waals surface area contributed by atoms with Crippen LogP contribution in [0.3, 0.4) is 0 Å². The molecule has 1 N–H and O–H groups in total. The van der Waals surface area contributed by atoms with Crippen molar-refractivity contribution in [2.45, 2.75) is 70.9 Å².